The Morgan fingerprint density at radius 2 is 2.07 bits per heavy atom. The summed E-state index contributed by atoms with van der Waals surface area (Å²) in [4.78, 5) is 13.1. The number of fused-ring (bicyclic) bond motifs is 1. The van der Waals surface area contributed by atoms with E-state index in [9.17, 15) is 10.2 Å². The molecule has 3 aromatic heterocycles. The van der Waals surface area contributed by atoms with Crippen molar-refractivity contribution < 1.29 is 19.7 Å². The van der Waals surface area contributed by atoms with E-state index in [0.29, 0.717) is 30.1 Å². The first-order valence-electron chi connectivity index (χ1n) is 10.1. The van der Waals surface area contributed by atoms with Gasteiger partial charge in [-0.1, -0.05) is 0 Å². The summed E-state index contributed by atoms with van der Waals surface area (Å²) in [7, 11) is 0. The third-order valence-electron chi connectivity index (χ3n) is 5.70. The van der Waals surface area contributed by atoms with Gasteiger partial charge in [-0.25, -0.2) is 15.0 Å². The maximum atomic E-state index is 10.7. The highest BCUT2D eigenvalue weighted by Crippen LogP contribution is 2.33. The molecule has 3 aromatic rings. The van der Waals surface area contributed by atoms with Crippen LogP contribution >= 0.6 is 0 Å². The molecule has 0 saturated carbocycles. The highest BCUT2D eigenvalue weighted by molar-refractivity contribution is 5.82. The lowest BCUT2D eigenvalue weighted by molar-refractivity contribution is -0.0404. The van der Waals surface area contributed by atoms with Gasteiger partial charge >= 0.3 is 0 Å². The van der Waals surface area contributed by atoms with E-state index in [4.69, 9.17) is 9.47 Å². The second-order valence-electron chi connectivity index (χ2n) is 7.91. The minimum Gasteiger partial charge on any atom is -0.387 e. The molecular weight excluding hydrogens is 390 g/mol. The van der Waals surface area contributed by atoms with Crippen molar-refractivity contribution in [2.24, 2.45) is 0 Å². The summed E-state index contributed by atoms with van der Waals surface area (Å²) in [6.07, 6.45) is 0.285. The van der Waals surface area contributed by atoms with Gasteiger partial charge in [-0.3, -0.25) is 9.25 Å². The van der Waals surface area contributed by atoms with Crippen LogP contribution in [0.4, 0.5) is 5.82 Å². The van der Waals surface area contributed by atoms with E-state index >= 15 is 0 Å². The monoisotopic (exact) mass is 415 g/mol. The summed E-state index contributed by atoms with van der Waals surface area (Å²) in [5.41, 5.74) is 2.96. The van der Waals surface area contributed by atoms with E-state index in [0.717, 1.165) is 24.4 Å². The number of aromatic nitrogens is 6. The quantitative estimate of drug-likeness (QED) is 0.533. The maximum absolute atomic E-state index is 10.7. The molecule has 0 bridgehead atoms. The lowest BCUT2D eigenvalue weighted by Crippen LogP contribution is -2.34. The van der Waals surface area contributed by atoms with Crippen molar-refractivity contribution in [1.82, 2.24) is 29.3 Å². The molecule has 0 amide bonds. The van der Waals surface area contributed by atoms with Crippen LogP contribution in [0.2, 0.25) is 0 Å². The van der Waals surface area contributed by atoms with E-state index in [1.54, 1.807) is 15.6 Å². The third-order valence-corrected chi connectivity index (χ3v) is 5.70. The van der Waals surface area contributed by atoms with Crippen LogP contribution in [-0.4, -0.2) is 77.1 Å². The van der Waals surface area contributed by atoms with E-state index in [1.807, 2.05) is 19.9 Å². The van der Waals surface area contributed by atoms with E-state index in [-0.39, 0.29) is 6.04 Å². The minimum absolute atomic E-state index is 0.175. The van der Waals surface area contributed by atoms with Crippen LogP contribution in [0, 0.1) is 13.8 Å². The molecule has 5 heterocycles. The second-order valence-corrected chi connectivity index (χ2v) is 7.91. The Bertz CT molecular complexity index is 1040. The summed E-state index contributed by atoms with van der Waals surface area (Å²) >= 11 is 0. The van der Waals surface area contributed by atoms with Crippen molar-refractivity contribution in [1.29, 1.82) is 0 Å². The molecule has 5 atom stereocenters. The van der Waals surface area contributed by atoms with Crippen LogP contribution < -0.4 is 5.32 Å². The summed E-state index contributed by atoms with van der Waals surface area (Å²) in [6.45, 7) is 5.53. The van der Waals surface area contributed by atoms with Crippen molar-refractivity contribution in [3.63, 3.8) is 0 Å². The van der Waals surface area contributed by atoms with Gasteiger partial charge in [0.25, 0.3) is 0 Å². The van der Waals surface area contributed by atoms with Crippen LogP contribution in [0.3, 0.4) is 0 Å². The van der Waals surface area contributed by atoms with Crippen molar-refractivity contribution in [3.8, 4) is 0 Å². The molecule has 0 unspecified atom stereocenters. The molecule has 0 spiro atoms. The fraction of sp³-hybridized carbons (Fsp3) is 0.579. The fourth-order valence-corrected chi connectivity index (χ4v) is 4.13. The van der Waals surface area contributed by atoms with Crippen LogP contribution in [-0.2, 0) is 16.0 Å². The Balaban J connectivity index is 1.40. The number of hydrogen-bond donors (Lipinski definition) is 3. The van der Waals surface area contributed by atoms with Crippen molar-refractivity contribution in [2.45, 2.75) is 57.4 Å². The molecule has 160 valence electrons. The average Bonchev–Trinajstić information content (AvgIpc) is 3.49. The number of ether oxygens (including phenoxy) is 2. The number of imidazole rings is 1. The molecule has 2 aliphatic rings. The predicted octanol–water partition coefficient (Wildman–Crippen LogP) is 0.160. The standard InChI is InChI=1S/C19H25N7O4/c1-10-5-11(2)26(24-10)6-13-15(27)16(28)19(30-13)25-9-22-14-17(20-8-21-18(14)25)23-12-3-4-29-7-12/h5,8-9,12-13,15-16,19,27-28H,3-4,6-7H2,1-2H3,(H,20,21,23)/t12-,13-,15-,16-,19-/m1/s1. The van der Waals surface area contributed by atoms with Gasteiger partial charge < -0.3 is 25.0 Å². The van der Waals surface area contributed by atoms with Crippen LogP contribution in [0.1, 0.15) is 24.0 Å². The number of rotatable bonds is 5. The molecule has 3 N–H and O–H groups in total. The molecule has 2 fully saturated rings. The molecule has 2 aliphatic heterocycles. The summed E-state index contributed by atoms with van der Waals surface area (Å²) in [5.74, 6) is 0.612. The molecule has 30 heavy (non-hydrogen) atoms. The zero-order valence-corrected chi connectivity index (χ0v) is 16.8. The van der Waals surface area contributed by atoms with Gasteiger partial charge in [0.2, 0.25) is 0 Å². The van der Waals surface area contributed by atoms with Crippen LogP contribution in [0.25, 0.3) is 11.2 Å². The highest BCUT2D eigenvalue weighted by atomic mass is 16.6. The molecule has 0 radical (unpaired) electrons. The Morgan fingerprint density at radius 3 is 2.80 bits per heavy atom. The fourth-order valence-electron chi connectivity index (χ4n) is 4.13. The molecule has 5 rings (SSSR count). The molecular formula is C19H25N7O4. The van der Waals surface area contributed by atoms with Gasteiger partial charge in [0.05, 0.1) is 31.2 Å². The van der Waals surface area contributed by atoms with Crippen LogP contribution in [0.15, 0.2) is 18.7 Å². The van der Waals surface area contributed by atoms with Crippen LogP contribution in [0.5, 0.6) is 0 Å². The summed E-state index contributed by atoms with van der Waals surface area (Å²) in [6, 6.07) is 2.13. The number of aliphatic hydroxyl groups excluding tert-OH is 2. The van der Waals surface area contributed by atoms with E-state index < -0.39 is 24.5 Å². The lowest BCUT2D eigenvalue weighted by Gasteiger charge is -2.17. The first-order valence-corrected chi connectivity index (χ1v) is 10.1. The zero-order valence-electron chi connectivity index (χ0n) is 16.8. The number of nitrogens with one attached hydrogen (secondary N) is 1. The Labute approximate surface area is 172 Å². The summed E-state index contributed by atoms with van der Waals surface area (Å²) in [5, 5.41) is 29.0. The van der Waals surface area contributed by atoms with E-state index in [2.05, 4.69) is 25.4 Å². The van der Waals surface area contributed by atoms with Gasteiger partial charge in [0.1, 0.15) is 24.6 Å². The first-order chi connectivity index (χ1) is 14.5. The van der Waals surface area contributed by atoms with Gasteiger partial charge in [-0.15, -0.1) is 0 Å². The molecule has 11 nitrogen and oxygen atoms in total. The van der Waals surface area contributed by atoms with Gasteiger partial charge in [0.15, 0.2) is 23.2 Å². The van der Waals surface area contributed by atoms with Crippen molar-refractivity contribution in [2.75, 3.05) is 18.5 Å². The number of aliphatic hydroxyl groups is 2. The SMILES string of the molecule is Cc1cc(C)n(C[C@H]2O[C@@H](n3cnc4c(N[C@@H]5CCOC5)ncnc43)[C@H](O)[C@@H]2O)n1. The normalized spacial score (nSPS) is 29.1. The minimum atomic E-state index is -1.13. The molecule has 2 saturated heterocycles. The number of aryl methyl sites for hydroxylation is 2. The third kappa shape index (κ3) is 3.33. The number of hydrogen-bond acceptors (Lipinski definition) is 9. The largest absolute Gasteiger partial charge is 0.387 e. The Kier molecular flexibility index (Phi) is 4.89. The summed E-state index contributed by atoms with van der Waals surface area (Å²) < 4.78 is 14.9. The smallest absolute Gasteiger partial charge is 0.167 e. The first kappa shape index (κ1) is 19.4. The Hall–Kier alpha value is -2.60. The molecule has 11 heteroatoms. The van der Waals surface area contributed by atoms with Crippen molar-refractivity contribution in [3.05, 3.63) is 30.1 Å². The zero-order chi connectivity index (χ0) is 20.8. The van der Waals surface area contributed by atoms with Gasteiger partial charge in [-0.05, 0) is 26.3 Å². The van der Waals surface area contributed by atoms with Gasteiger partial charge in [0, 0.05) is 12.3 Å². The molecule has 0 aliphatic carbocycles. The Morgan fingerprint density at radius 1 is 1.20 bits per heavy atom. The van der Waals surface area contributed by atoms with Crippen molar-refractivity contribution >= 4 is 17.0 Å². The topological polar surface area (TPSA) is 132 Å². The number of anilines is 1. The van der Waals surface area contributed by atoms with Gasteiger partial charge in [-0.2, -0.15) is 5.10 Å². The maximum Gasteiger partial charge on any atom is 0.167 e. The van der Waals surface area contributed by atoms with E-state index in [1.165, 1.54) is 6.33 Å². The second kappa shape index (κ2) is 7.58. The molecule has 0 aromatic carbocycles. The predicted molar refractivity (Wildman–Crippen MR) is 106 cm³/mol. The average molecular weight is 415 g/mol. The number of nitrogens with zero attached hydrogens (tertiary/aromatic N) is 6. The lowest BCUT2D eigenvalue weighted by atomic mass is 10.1. The highest BCUT2D eigenvalue weighted by Gasteiger charge is 2.44.